The van der Waals surface area contributed by atoms with Gasteiger partial charge in [0.1, 0.15) is 5.82 Å². The lowest BCUT2D eigenvalue weighted by Gasteiger charge is -2.04. The van der Waals surface area contributed by atoms with E-state index in [9.17, 15) is 4.39 Å². The summed E-state index contributed by atoms with van der Waals surface area (Å²) in [6.45, 7) is 2.16. The van der Waals surface area contributed by atoms with E-state index in [2.05, 4.69) is 23.7 Å². The minimum atomic E-state index is -0.236. The number of aromatic nitrogens is 1. The van der Waals surface area contributed by atoms with Gasteiger partial charge in [-0.25, -0.2) is 4.39 Å². The second-order valence-electron chi connectivity index (χ2n) is 5.55. The Morgan fingerprint density at radius 1 is 1.04 bits per heavy atom. The lowest BCUT2D eigenvalue weighted by Crippen LogP contribution is -1.85. The zero-order valence-corrected chi connectivity index (χ0v) is 13.1. The van der Waals surface area contributed by atoms with Crippen molar-refractivity contribution in [2.75, 3.05) is 0 Å². The minimum absolute atomic E-state index is 0.236. The molecule has 2 heteroatoms. The first-order valence-corrected chi connectivity index (χ1v) is 7.91. The van der Waals surface area contributed by atoms with E-state index in [4.69, 9.17) is 0 Å². The van der Waals surface area contributed by atoms with Crippen molar-refractivity contribution in [1.29, 1.82) is 0 Å². The Labute approximate surface area is 136 Å². The van der Waals surface area contributed by atoms with Gasteiger partial charge in [0.05, 0.1) is 5.52 Å². The van der Waals surface area contributed by atoms with Gasteiger partial charge in [-0.2, -0.15) is 0 Å². The summed E-state index contributed by atoms with van der Waals surface area (Å²) >= 11 is 0. The molecule has 1 nitrogen and oxygen atoms in total. The van der Waals surface area contributed by atoms with Gasteiger partial charge in [-0.3, -0.25) is 4.98 Å². The zero-order chi connectivity index (χ0) is 16.1. The zero-order valence-electron chi connectivity index (χ0n) is 13.1. The van der Waals surface area contributed by atoms with Gasteiger partial charge in [-0.1, -0.05) is 43.4 Å². The van der Waals surface area contributed by atoms with Gasteiger partial charge >= 0.3 is 0 Å². The lowest BCUT2D eigenvalue weighted by atomic mass is 10.0. The van der Waals surface area contributed by atoms with Gasteiger partial charge in [0.25, 0.3) is 0 Å². The van der Waals surface area contributed by atoms with Crippen molar-refractivity contribution >= 4 is 10.9 Å². The molecule has 114 valence electrons. The van der Waals surface area contributed by atoms with Crippen LogP contribution in [0.2, 0.25) is 0 Å². The fourth-order valence-corrected chi connectivity index (χ4v) is 2.45. The first-order valence-electron chi connectivity index (χ1n) is 7.91. The first-order chi connectivity index (χ1) is 11.3. The number of fused-ring (bicyclic) bond motifs is 1. The van der Waals surface area contributed by atoms with Crippen LogP contribution >= 0.6 is 0 Å². The molecule has 0 unspecified atom stereocenters. The molecule has 3 rings (SSSR count). The summed E-state index contributed by atoms with van der Waals surface area (Å²) in [6.07, 6.45) is 5.01. The summed E-state index contributed by atoms with van der Waals surface area (Å²) in [5.41, 5.74) is 3.65. The number of pyridine rings is 1. The molecule has 0 saturated carbocycles. The van der Waals surface area contributed by atoms with E-state index in [0.29, 0.717) is 0 Å². The highest BCUT2D eigenvalue weighted by molar-refractivity contribution is 5.84. The third-order valence-corrected chi connectivity index (χ3v) is 3.73. The Kier molecular flexibility index (Phi) is 4.68. The van der Waals surface area contributed by atoms with E-state index in [0.717, 1.165) is 46.9 Å². The molecular weight excluding hydrogens is 285 g/mol. The quantitative estimate of drug-likeness (QED) is 0.454. The maximum absolute atomic E-state index is 13.4. The molecule has 1 heterocycles. The predicted octanol–water partition coefficient (Wildman–Crippen LogP) is 5.58. The van der Waals surface area contributed by atoms with Crippen molar-refractivity contribution in [3.8, 4) is 23.0 Å². The smallest absolute Gasteiger partial charge is 0.123 e. The molecule has 0 aliphatic carbocycles. The SMILES string of the molecule is CCCCC#Cc1ccc2cc(-c3cccc(F)c3)cnc2c1. The summed E-state index contributed by atoms with van der Waals surface area (Å²) in [6, 6.07) is 14.6. The van der Waals surface area contributed by atoms with Crippen molar-refractivity contribution < 1.29 is 4.39 Å². The van der Waals surface area contributed by atoms with Crippen LogP contribution in [0, 0.1) is 17.7 Å². The van der Waals surface area contributed by atoms with E-state index in [1.54, 1.807) is 12.3 Å². The molecule has 0 atom stereocenters. The van der Waals surface area contributed by atoms with Gasteiger partial charge in [0, 0.05) is 29.1 Å². The standard InChI is InChI=1S/C21H18FN/c1-2-3-4-5-7-16-10-11-18-13-19(15-23-21(18)12-16)17-8-6-9-20(22)14-17/h6,8-15H,2-4H2,1H3. The topological polar surface area (TPSA) is 12.9 Å². The van der Waals surface area contributed by atoms with E-state index < -0.39 is 0 Å². The second kappa shape index (κ2) is 7.07. The predicted molar refractivity (Wildman–Crippen MR) is 93.5 cm³/mol. The summed E-state index contributed by atoms with van der Waals surface area (Å²) < 4.78 is 13.4. The van der Waals surface area contributed by atoms with Gasteiger partial charge in [-0.05, 0) is 42.3 Å². The van der Waals surface area contributed by atoms with Gasteiger partial charge in [0.2, 0.25) is 0 Å². The molecule has 0 bridgehead atoms. The summed E-state index contributed by atoms with van der Waals surface area (Å²) in [5.74, 6) is 6.14. The Hall–Kier alpha value is -2.66. The average molecular weight is 303 g/mol. The highest BCUT2D eigenvalue weighted by atomic mass is 19.1. The molecule has 0 N–H and O–H groups in total. The number of benzene rings is 2. The molecule has 0 saturated heterocycles. The van der Waals surface area contributed by atoms with Crippen LogP contribution in [0.4, 0.5) is 4.39 Å². The van der Waals surface area contributed by atoms with Crippen LogP contribution in [-0.4, -0.2) is 4.98 Å². The van der Waals surface area contributed by atoms with E-state index in [1.165, 1.54) is 12.1 Å². The number of hydrogen-bond donors (Lipinski definition) is 0. The monoisotopic (exact) mass is 303 g/mol. The van der Waals surface area contributed by atoms with Crippen LogP contribution in [0.1, 0.15) is 31.7 Å². The van der Waals surface area contributed by atoms with Crippen LogP contribution < -0.4 is 0 Å². The first kappa shape index (κ1) is 15.2. The average Bonchev–Trinajstić information content (AvgIpc) is 2.58. The molecule has 0 radical (unpaired) electrons. The Balaban J connectivity index is 1.91. The van der Waals surface area contributed by atoms with E-state index >= 15 is 0 Å². The number of hydrogen-bond acceptors (Lipinski definition) is 1. The summed E-state index contributed by atoms with van der Waals surface area (Å²) in [7, 11) is 0. The maximum Gasteiger partial charge on any atom is 0.123 e. The molecular formula is C21H18FN. The van der Waals surface area contributed by atoms with Crippen molar-refractivity contribution in [2.24, 2.45) is 0 Å². The molecule has 0 amide bonds. The number of rotatable bonds is 3. The van der Waals surface area contributed by atoms with Crippen molar-refractivity contribution in [3.05, 3.63) is 66.1 Å². The molecule has 0 fully saturated rings. The third kappa shape index (κ3) is 3.76. The van der Waals surface area contributed by atoms with Crippen molar-refractivity contribution in [1.82, 2.24) is 4.98 Å². The molecule has 2 aromatic carbocycles. The molecule has 0 aliphatic rings. The Bertz CT molecular complexity index is 887. The van der Waals surface area contributed by atoms with Crippen LogP contribution in [0.3, 0.4) is 0 Å². The van der Waals surface area contributed by atoms with Crippen LogP contribution in [-0.2, 0) is 0 Å². The number of nitrogens with zero attached hydrogens (tertiary/aromatic N) is 1. The van der Waals surface area contributed by atoms with Gasteiger partial charge in [0.15, 0.2) is 0 Å². The number of halogens is 1. The molecule has 3 aromatic rings. The molecule has 0 spiro atoms. The van der Waals surface area contributed by atoms with E-state index in [-0.39, 0.29) is 5.82 Å². The van der Waals surface area contributed by atoms with Crippen molar-refractivity contribution in [2.45, 2.75) is 26.2 Å². The second-order valence-corrected chi connectivity index (χ2v) is 5.55. The van der Waals surface area contributed by atoms with Crippen LogP contribution in [0.15, 0.2) is 54.7 Å². The summed E-state index contributed by atoms with van der Waals surface area (Å²) in [4.78, 5) is 4.50. The molecule has 23 heavy (non-hydrogen) atoms. The van der Waals surface area contributed by atoms with Gasteiger partial charge < -0.3 is 0 Å². The normalized spacial score (nSPS) is 10.3. The van der Waals surface area contributed by atoms with E-state index in [1.807, 2.05) is 30.3 Å². The van der Waals surface area contributed by atoms with Crippen LogP contribution in [0.25, 0.3) is 22.0 Å². The van der Waals surface area contributed by atoms with Gasteiger partial charge in [-0.15, -0.1) is 0 Å². The largest absolute Gasteiger partial charge is 0.256 e. The highest BCUT2D eigenvalue weighted by Crippen LogP contribution is 2.23. The van der Waals surface area contributed by atoms with Crippen molar-refractivity contribution in [3.63, 3.8) is 0 Å². The highest BCUT2D eigenvalue weighted by Gasteiger charge is 2.02. The summed E-state index contributed by atoms with van der Waals surface area (Å²) in [5, 5.41) is 1.03. The molecule has 0 aliphatic heterocycles. The fraction of sp³-hybridized carbons (Fsp3) is 0.190. The Morgan fingerprint density at radius 3 is 2.78 bits per heavy atom. The lowest BCUT2D eigenvalue weighted by molar-refractivity contribution is 0.628. The number of unbranched alkanes of at least 4 members (excludes halogenated alkanes) is 2. The fourth-order valence-electron chi connectivity index (χ4n) is 2.45. The minimum Gasteiger partial charge on any atom is -0.256 e. The third-order valence-electron chi connectivity index (χ3n) is 3.73. The maximum atomic E-state index is 13.4. The molecule has 1 aromatic heterocycles. The van der Waals surface area contributed by atoms with Crippen LogP contribution in [0.5, 0.6) is 0 Å². The Morgan fingerprint density at radius 2 is 1.96 bits per heavy atom.